The molecule has 0 spiro atoms. The van der Waals surface area contributed by atoms with Crippen LogP contribution in [0.4, 0.5) is 5.82 Å². The Hall–Kier alpha value is -3.93. The van der Waals surface area contributed by atoms with Gasteiger partial charge < -0.3 is 25.4 Å². The average molecular weight is 423 g/mol. The minimum absolute atomic E-state index is 0.114. The van der Waals surface area contributed by atoms with E-state index < -0.39 is 5.91 Å². The maximum Gasteiger partial charge on any atom is 0.255 e. The number of carbonyl (C=O) groups excluding carboxylic acids is 2. The molecule has 1 fully saturated rings. The lowest BCUT2D eigenvalue weighted by Crippen LogP contribution is -2.27. The predicted molar refractivity (Wildman–Crippen MR) is 116 cm³/mol. The highest BCUT2D eigenvalue weighted by Gasteiger charge is 2.31. The number of nitrogens with one attached hydrogen (secondary N) is 1. The molecule has 1 aromatic heterocycles. The van der Waals surface area contributed by atoms with Crippen molar-refractivity contribution in [1.29, 1.82) is 0 Å². The molecule has 0 bridgehead atoms. The minimum atomic E-state index is -0.639. The van der Waals surface area contributed by atoms with Gasteiger partial charge in [0.1, 0.15) is 22.9 Å². The molecule has 1 saturated heterocycles. The van der Waals surface area contributed by atoms with Gasteiger partial charge in [-0.2, -0.15) is 5.10 Å². The summed E-state index contributed by atoms with van der Waals surface area (Å²) in [5.41, 5.74) is 6.74. The SMILES string of the molecule is C=CC(=O)N1CC[C@H](n2nc(C#Cc3cc(OC)cc(OC)c3)c(C(N)=O)c2NC)C1. The quantitative estimate of drug-likeness (QED) is 0.537. The molecule has 0 aliphatic carbocycles. The second kappa shape index (κ2) is 9.26. The molecule has 0 unspecified atom stereocenters. The number of carbonyl (C=O) groups is 2. The van der Waals surface area contributed by atoms with Gasteiger partial charge in [0.25, 0.3) is 5.91 Å². The van der Waals surface area contributed by atoms with Gasteiger partial charge in [-0.05, 0) is 30.6 Å². The van der Waals surface area contributed by atoms with Crippen LogP contribution in [0.25, 0.3) is 0 Å². The van der Waals surface area contributed by atoms with Crippen molar-refractivity contribution in [3.63, 3.8) is 0 Å². The molecular weight excluding hydrogens is 398 g/mol. The van der Waals surface area contributed by atoms with Crippen LogP contribution in [0.1, 0.15) is 34.1 Å². The molecule has 0 radical (unpaired) electrons. The van der Waals surface area contributed by atoms with Crippen LogP contribution in [0.15, 0.2) is 30.9 Å². The van der Waals surface area contributed by atoms with Crippen molar-refractivity contribution in [1.82, 2.24) is 14.7 Å². The summed E-state index contributed by atoms with van der Waals surface area (Å²) in [7, 11) is 4.80. The number of aromatic nitrogens is 2. The van der Waals surface area contributed by atoms with Crippen molar-refractivity contribution < 1.29 is 19.1 Å². The van der Waals surface area contributed by atoms with Gasteiger partial charge in [-0.3, -0.25) is 9.59 Å². The molecule has 9 nitrogen and oxygen atoms in total. The highest BCUT2D eigenvalue weighted by Crippen LogP contribution is 2.29. The molecule has 3 N–H and O–H groups in total. The van der Waals surface area contributed by atoms with Gasteiger partial charge in [0, 0.05) is 31.8 Å². The van der Waals surface area contributed by atoms with E-state index in [0.29, 0.717) is 42.4 Å². The van der Waals surface area contributed by atoms with Crippen molar-refractivity contribution in [2.75, 3.05) is 39.7 Å². The third-order valence-corrected chi connectivity index (χ3v) is 5.07. The number of ether oxygens (including phenoxy) is 2. The summed E-state index contributed by atoms with van der Waals surface area (Å²) in [6, 6.07) is 5.14. The third-order valence-electron chi connectivity index (χ3n) is 5.07. The standard InChI is InChI=1S/C22H25N5O4/c1-5-19(28)26-9-8-15(13-26)27-22(24-2)20(21(23)29)18(25-27)7-6-14-10-16(30-3)12-17(11-14)31-4/h5,10-12,15,24H,1,8-9,13H2,2-4H3,(H2,23,29)/t15-/m0/s1. The summed E-state index contributed by atoms with van der Waals surface area (Å²) in [6.45, 7) is 4.57. The van der Waals surface area contributed by atoms with Crippen LogP contribution in [0, 0.1) is 11.8 Å². The summed E-state index contributed by atoms with van der Waals surface area (Å²) >= 11 is 0. The Morgan fingerprint density at radius 2 is 1.94 bits per heavy atom. The number of hydrogen-bond donors (Lipinski definition) is 2. The van der Waals surface area contributed by atoms with E-state index in [9.17, 15) is 9.59 Å². The zero-order valence-corrected chi connectivity index (χ0v) is 17.8. The van der Waals surface area contributed by atoms with Gasteiger partial charge in [0.15, 0.2) is 5.69 Å². The molecule has 31 heavy (non-hydrogen) atoms. The monoisotopic (exact) mass is 423 g/mol. The molecule has 1 aliphatic heterocycles. The Kier molecular flexibility index (Phi) is 6.50. The summed E-state index contributed by atoms with van der Waals surface area (Å²) in [5, 5.41) is 7.56. The molecule has 9 heteroatoms. The van der Waals surface area contributed by atoms with Crippen LogP contribution in [-0.2, 0) is 4.79 Å². The molecule has 2 aromatic rings. The number of rotatable bonds is 6. The molecule has 1 aromatic carbocycles. The number of methoxy groups -OCH3 is 2. The Morgan fingerprint density at radius 1 is 1.26 bits per heavy atom. The fraction of sp³-hybridized carbons (Fsp3) is 0.318. The number of amides is 2. The van der Waals surface area contributed by atoms with Crippen molar-refractivity contribution in [3.8, 4) is 23.3 Å². The summed E-state index contributed by atoms with van der Waals surface area (Å²) in [4.78, 5) is 25.8. The van der Waals surface area contributed by atoms with Crippen LogP contribution in [-0.4, -0.2) is 60.9 Å². The number of nitrogens with zero attached hydrogens (tertiary/aromatic N) is 3. The van der Waals surface area contributed by atoms with Gasteiger partial charge >= 0.3 is 0 Å². The molecule has 162 valence electrons. The van der Waals surface area contributed by atoms with Gasteiger partial charge in [-0.1, -0.05) is 12.5 Å². The normalized spacial score (nSPS) is 15.1. The lowest BCUT2D eigenvalue weighted by Gasteiger charge is -2.16. The Balaban J connectivity index is 2.01. The zero-order valence-electron chi connectivity index (χ0n) is 17.8. The van der Waals surface area contributed by atoms with Crippen molar-refractivity contribution in [2.24, 2.45) is 5.73 Å². The van der Waals surface area contributed by atoms with Crippen LogP contribution < -0.4 is 20.5 Å². The Labute approximate surface area is 180 Å². The lowest BCUT2D eigenvalue weighted by atomic mass is 10.1. The highest BCUT2D eigenvalue weighted by atomic mass is 16.5. The number of anilines is 1. The summed E-state index contributed by atoms with van der Waals surface area (Å²) in [6.07, 6.45) is 1.98. The first-order chi connectivity index (χ1) is 14.9. The molecular formula is C22H25N5O4. The van der Waals surface area contributed by atoms with Gasteiger partial charge in [-0.15, -0.1) is 0 Å². The summed E-state index contributed by atoms with van der Waals surface area (Å²) in [5.74, 6) is 6.83. The van der Waals surface area contributed by atoms with Crippen LogP contribution in [0.5, 0.6) is 11.5 Å². The van der Waals surface area contributed by atoms with Crippen molar-refractivity contribution in [3.05, 3.63) is 47.7 Å². The van der Waals surface area contributed by atoms with Crippen molar-refractivity contribution in [2.45, 2.75) is 12.5 Å². The van der Waals surface area contributed by atoms with E-state index in [1.165, 1.54) is 6.08 Å². The largest absolute Gasteiger partial charge is 0.497 e. The van der Waals surface area contributed by atoms with E-state index in [4.69, 9.17) is 15.2 Å². The van der Waals surface area contributed by atoms with E-state index in [2.05, 4.69) is 28.8 Å². The number of nitrogens with two attached hydrogens (primary N) is 1. The van der Waals surface area contributed by atoms with Crippen LogP contribution >= 0.6 is 0 Å². The van der Waals surface area contributed by atoms with Gasteiger partial charge in [0.05, 0.1) is 20.3 Å². The van der Waals surface area contributed by atoms with Crippen LogP contribution in [0.2, 0.25) is 0 Å². The first-order valence-corrected chi connectivity index (χ1v) is 9.68. The first-order valence-electron chi connectivity index (χ1n) is 9.68. The molecule has 2 amide bonds. The number of hydrogen-bond acceptors (Lipinski definition) is 6. The molecule has 2 heterocycles. The Morgan fingerprint density at radius 3 is 2.48 bits per heavy atom. The second-order valence-corrected chi connectivity index (χ2v) is 6.91. The molecule has 1 atom stereocenters. The molecule has 0 saturated carbocycles. The average Bonchev–Trinajstić information content (AvgIpc) is 3.41. The predicted octanol–water partition coefficient (Wildman–Crippen LogP) is 1.40. The number of benzene rings is 1. The van der Waals surface area contributed by atoms with Crippen molar-refractivity contribution >= 4 is 17.6 Å². The van der Waals surface area contributed by atoms with Crippen LogP contribution in [0.3, 0.4) is 0 Å². The van der Waals surface area contributed by atoms with E-state index in [1.807, 2.05) is 0 Å². The first kappa shape index (κ1) is 21.8. The maximum absolute atomic E-state index is 12.2. The smallest absolute Gasteiger partial charge is 0.255 e. The number of likely N-dealkylation sites (tertiary alicyclic amines) is 1. The second-order valence-electron chi connectivity index (χ2n) is 6.91. The van der Waals surface area contributed by atoms with E-state index in [0.717, 1.165) is 0 Å². The van der Waals surface area contributed by atoms with E-state index in [-0.39, 0.29) is 23.2 Å². The van der Waals surface area contributed by atoms with Gasteiger partial charge in [-0.25, -0.2) is 4.68 Å². The lowest BCUT2D eigenvalue weighted by molar-refractivity contribution is -0.125. The zero-order chi connectivity index (χ0) is 22.5. The Bertz CT molecular complexity index is 1060. The highest BCUT2D eigenvalue weighted by molar-refractivity contribution is 6.00. The minimum Gasteiger partial charge on any atom is -0.497 e. The molecule has 3 rings (SSSR count). The maximum atomic E-state index is 12.2. The molecule has 1 aliphatic rings. The van der Waals surface area contributed by atoms with E-state index in [1.54, 1.807) is 49.0 Å². The fourth-order valence-corrected chi connectivity index (χ4v) is 3.54. The third kappa shape index (κ3) is 4.48. The number of primary amides is 1. The van der Waals surface area contributed by atoms with Gasteiger partial charge in [0.2, 0.25) is 5.91 Å². The fourth-order valence-electron chi connectivity index (χ4n) is 3.54. The topological polar surface area (TPSA) is 112 Å². The summed E-state index contributed by atoms with van der Waals surface area (Å²) < 4.78 is 12.2. The van der Waals surface area contributed by atoms with E-state index >= 15 is 0 Å².